The molecule has 0 atom stereocenters. The number of nitrogens with zero attached hydrogens (tertiary/aromatic N) is 4. The molecule has 3 heterocycles. The van der Waals surface area contributed by atoms with E-state index >= 15 is 0 Å². The number of hydrogen-bond acceptors (Lipinski definition) is 3. The zero-order valence-electron chi connectivity index (χ0n) is 27.9. The Kier molecular flexibility index (Phi) is 8.18. The summed E-state index contributed by atoms with van der Waals surface area (Å²) in [6, 6.07) is 51.4. The minimum absolute atomic E-state index is 0. The van der Waals surface area contributed by atoms with Crippen LogP contribution >= 0.6 is 0 Å². The van der Waals surface area contributed by atoms with Crippen molar-refractivity contribution in [1.82, 2.24) is 9.55 Å². The Morgan fingerprint density at radius 1 is 0.667 bits per heavy atom. The molecule has 2 aromatic heterocycles. The van der Waals surface area contributed by atoms with Gasteiger partial charge in [-0.15, -0.1) is 11.5 Å². The molecule has 7 aromatic rings. The predicted octanol–water partition coefficient (Wildman–Crippen LogP) is 9.14. The zero-order chi connectivity index (χ0) is 32.3. The van der Waals surface area contributed by atoms with Crippen LogP contribution in [0.5, 0.6) is 0 Å². The van der Waals surface area contributed by atoms with Gasteiger partial charge in [0.15, 0.2) is 0 Å². The van der Waals surface area contributed by atoms with E-state index in [2.05, 4.69) is 182 Å². The summed E-state index contributed by atoms with van der Waals surface area (Å²) in [7, 11) is -2.23. The monoisotopic (exact) mass is 821 g/mol. The molecule has 0 aliphatic carbocycles. The van der Waals surface area contributed by atoms with Gasteiger partial charge in [-0.25, -0.2) is 4.98 Å². The van der Waals surface area contributed by atoms with E-state index in [1.54, 1.807) is 0 Å². The second-order valence-electron chi connectivity index (χ2n) is 14.0. The molecule has 1 aliphatic rings. The summed E-state index contributed by atoms with van der Waals surface area (Å²) in [4.78, 5) is 9.65. The predicted molar refractivity (Wildman–Crippen MR) is 200 cm³/mol. The number of fused-ring (bicyclic) bond motifs is 4. The Labute approximate surface area is 298 Å². The Morgan fingerprint density at radius 3 is 2.12 bits per heavy atom. The fourth-order valence-electron chi connectivity index (χ4n) is 6.88. The maximum absolute atomic E-state index is 4.89. The molecule has 6 heteroatoms. The van der Waals surface area contributed by atoms with Crippen molar-refractivity contribution in [2.45, 2.75) is 39.3 Å². The molecule has 0 saturated heterocycles. The molecule has 0 amide bonds. The third-order valence-electron chi connectivity index (χ3n) is 9.66. The molecule has 0 N–H and O–H groups in total. The molecule has 5 aromatic carbocycles. The quantitative estimate of drug-likeness (QED) is 0.128. The fourth-order valence-corrected chi connectivity index (χ4v) is 9.05. The summed E-state index contributed by atoms with van der Waals surface area (Å²) in [5.41, 5.74) is 8.21. The van der Waals surface area contributed by atoms with Gasteiger partial charge < -0.3 is 14.4 Å². The van der Waals surface area contributed by atoms with Crippen molar-refractivity contribution in [2.24, 2.45) is 0 Å². The molecule has 4 nitrogen and oxygen atoms in total. The fraction of sp³-hybridized carbons (Fsp3) is 0.167. The van der Waals surface area contributed by atoms with E-state index in [9.17, 15) is 0 Å². The molecule has 0 fully saturated rings. The largest absolute Gasteiger partial charge is 2.00 e. The molecule has 0 radical (unpaired) electrons. The minimum atomic E-state index is -2.23. The molecular weight excluding hydrogens is 784 g/mol. The van der Waals surface area contributed by atoms with Crippen LogP contribution in [0.25, 0.3) is 27.6 Å². The second-order valence-corrected chi connectivity index (χ2v) is 18.4. The summed E-state index contributed by atoms with van der Waals surface area (Å²) >= 11 is 0. The van der Waals surface area contributed by atoms with E-state index in [1.807, 2.05) is 6.20 Å². The number of hydrogen-bond donors (Lipinski definition) is 0. The summed E-state index contributed by atoms with van der Waals surface area (Å²) < 4.78 is 2.30. The van der Waals surface area contributed by atoms with Crippen molar-refractivity contribution in [2.75, 3.05) is 16.5 Å². The molecule has 0 unspecified atom stereocenters. The third kappa shape index (κ3) is 5.39. The molecular formula is C42H38N4PtSi. The van der Waals surface area contributed by atoms with E-state index < -0.39 is 8.07 Å². The van der Waals surface area contributed by atoms with E-state index in [1.165, 1.54) is 43.8 Å². The first-order valence-corrected chi connectivity index (χ1v) is 19.3. The number of aromatic nitrogens is 2. The van der Waals surface area contributed by atoms with E-state index in [4.69, 9.17) is 4.98 Å². The van der Waals surface area contributed by atoms with Crippen molar-refractivity contribution >= 4 is 63.0 Å². The molecule has 0 saturated carbocycles. The van der Waals surface area contributed by atoms with Gasteiger partial charge in [0.2, 0.25) is 0 Å². The van der Waals surface area contributed by atoms with Gasteiger partial charge in [0, 0.05) is 17.4 Å². The van der Waals surface area contributed by atoms with Crippen LogP contribution in [0.3, 0.4) is 0 Å². The average molecular weight is 822 g/mol. The average Bonchev–Trinajstić information content (AvgIpc) is 3.65. The maximum atomic E-state index is 4.89. The van der Waals surface area contributed by atoms with Crippen molar-refractivity contribution in [3.05, 3.63) is 145 Å². The summed E-state index contributed by atoms with van der Waals surface area (Å²) in [6.07, 6.45) is 1.94. The first-order valence-electron chi connectivity index (χ1n) is 16.3. The molecule has 8 rings (SSSR count). The SMILES string of the molecule is CC(C)(C)c1ccnc(-n2c3[c-]c([Si](C)(C)c4[c-]c(N5CN(c6ccccc6)c6ccccc65)ccc4)ccc3c3ccccc32)c1.[Pt+2]. The Bertz CT molecular complexity index is 2270. The molecule has 240 valence electrons. The van der Waals surface area contributed by atoms with Gasteiger partial charge in [-0.1, -0.05) is 93.6 Å². The van der Waals surface area contributed by atoms with E-state index in [-0.39, 0.29) is 26.5 Å². The number of pyridine rings is 1. The number of anilines is 4. The summed E-state index contributed by atoms with van der Waals surface area (Å²) in [5, 5.41) is 4.93. The van der Waals surface area contributed by atoms with Crippen molar-refractivity contribution in [1.29, 1.82) is 0 Å². The Balaban J connectivity index is 0.00000364. The van der Waals surface area contributed by atoms with Crippen LogP contribution in [0.1, 0.15) is 26.3 Å². The smallest absolute Gasteiger partial charge is 0.345 e. The molecule has 48 heavy (non-hydrogen) atoms. The number of rotatable bonds is 5. The zero-order valence-corrected chi connectivity index (χ0v) is 31.2. The Morgan fingerprint density at radius 2 is 1.35 bits per heavy atom. The van der Waals surface area contributed by atoms with Gasteiger partial charge in [-0.2, -0.15) is 46.8 Å². The van der Waals surface area contributed by atoms with Crippen LogP contribution in [0.4, 0.5) is 22.7 Å². The van der Waals surface area contributed by atoms with Gasteiger partial charge in [0.1, 0.15) is 5.82 Å². The van der Waals surface area contributed by atoms with Gasteiger partial charge in [0.25, 0.3) is 0 Å². The Hall–Kier alpha value is -4.44. The minimum Gasteiger partial charge on any atom is -0.345 e. The standard InChI is InChI=1S/C42H38N4Si.Pt/c1-42(2,3)30-24-25-43-41(26-30)46-37-19-10-9-18-35(37)36-23-22-34(28-40(36)46)47(4,5)33-17-13-16-32(27-33)45-29-44(31-14-7-6-8-15-31)38-20-11-12-21-39(38)45;/h6-26H,29H2,1-5H3;/q-2;+2. The summed E-state index contributed by atoms with van der Waals surface area (Å²) in [6.45, 7) is 12.3. The van der Waals surface area contributed by atoms with Crippen molar-refractivity contribution < 1.29 is 21.1 Å². The first-order chi connectivity index (χ1) is 22.7. The van der Waals surface area contributed by atoms with E-state index in [0.29, 0.717) is 0 Å². The molecule has 0 bridgehead atoms. The van der Waals surface area contributed by atoms with Gasteiger partial charge in [-0.3, -0.25) is 0 Å². The normalized spacial score (nSPS) is 13.2. The molecule has 0 spiro atoms. The van der Waals surface area contributed by atoms with Gasteiger partial charge >= 0.3 is 21.1 Å². The van der Waals surface area contributed by atoms with Crippen molar-refractivity contribution in [3.63, 3.8) is 0 Å². The van der Waals surface area contributed by atoms with Crippen LogP contribution in [0.2, 0.25) is 13.1 Å². The summed E-state index contributed by atoms with van der Waals surface area (Å²) in [5.74, 6) is 0.931. The number of benzene rings is 5. The topological polar surface area (TPSA) is 24.3 Å². The van der Waals surface area contributed by atoms with Crippen LogP contribution in [-0.4, -0.2) is 24.3 Å². The van der Waals surface area contributed by atoms with Gasteiger partial charge in [-0.05, 0) is 58.8 Å². The molecule has 1 aliphatic heterocycles. The van der Waals surface area contributed by atoms with Crippen LogP contribution in [0, 0.1) is 12.1 Å². The second kappa shape index (κ2) is 12.2. The van der Waals surface area contributed by atoms with Gasteiger partial charge in [0.05, 0.1) is 26.1 Å². The first kappa shape index (κ1) is 32.1. The van der Waals surface area contributed by atoms with Crippen LogP contribution in [0.15, 0.2) is 128 Å². The number of para-hydroxylation sites is 4. The van der Waals surface area contributed by atoms with E-state index in [0.717, 1.165) is 29.2 Å². The van der Waals surface area contributed by atoms with Crippen LogP contribution < -0.4 is 20.2 Å². The third-order valence-corrected chi connectivity index (χ3v) is 12.9. The van der Waals surface area contributed by atoms with Crippen LogP contribution in [-0.2, 0) is 26.5 Å². The maximum Gasteiger partial charge on any atom is 2.00 e. The van der Waals surface area contributed by atoms with Crippen molar-refractivity contribution in [3.8, 4) is 5.82 Å².